The molecule has 0 spiro atoms. The summed E-state index contributed by atoms with van der Waals surface area (Å²) in [4.78, 5) is 8.90. The van der Waals surface area contributed by atoms with Gasteiger partial charge in [0.2, 0.25) is 0 Å². The molecule has 7 heteroatoms. The Morgan fingerprint density at radius 1 is 1.32 bits per heavy atom. The minimum Gasteiger partial charge on any atom is -0.475 e. The summed E-state index contributed by atoms with van der Waals surface area (Å²) in [7, 11) is 0. The molecule has 1 saturated heterocycles. The number of alkyl halides is 3. The molecule has 0 radical (unpaired) electrons. The quantitative estimate of drug-likeness (QED) is 0.827. The lowest BCUT2D eigenvalue weighted by Gasteiger charge is -2.39. The van der Waals surface area contributed by atoms with Gasteiger partial charge in [-0.25, -0.2) is 4.79 Å². The Labute approximate surface area is 116 Å². The fourth-order valence-corrected chi connectivity index (χ4v) is 1.82. The van der Waals surface area contributed by atoms with Gasteiger partial charge in [0, 0.05) is 23.0 Å². The van der Waals surface area contributed by atoms with Crippen LogP contribution >= 0.6 is 15.9 Å². The van der Waals surface area contributed by atoms with E-state index in [-0.39, 0.29) is 0 Å². The first-order chi connectivity index (χ1) is 8.65. The summed E-state index contributed by atoms with van der Waals surface area (Å²) in [6.45, 7) is 4.51. The normalized spacial score (nSPS) is 16.9. The number of rotatable bonds is 1. The van der Waals surface area contributed by atoms with Gasteiger partial charge in [0.15, 0.2) is 0 Å². The van der Waals surface area contributed by atoms with Crippen molar-refractivity contribution in [3.8, 4) is 0 Å². The van der Waals surface area contributed by atoms with Gasteiger partial charge >= 0.3 is 12.1 Å². The first kappa shape index (κ1) is 16.0. The number of nitrogens with one attached hydrogen (secondary N) is 1. The molecule has 1 aromatic rings. The smallest absolute Gasteiger partial charge is 0.475 e. The van der Waals surface area contributed by atoms with Crippen molar-refractivity contribution in [1.82, 2.24) is 5.32 Å². The predicted octanol–water partition coefficient (Wildman–Crippen LogP) is 2.94. The molecule has 0 amide bonds. The maximum Gasteiger partial charge on any atom is 0.490 e. The van der Waals surface area contributed by atoms with Crippen molar-refractivity contribution in [2.75, 3.05) is 13.1 Å². The number of aliphatic carboxylic acids is 1. The van der Waals surface area contributed by atoms with E-state index in [1.165, 1.54) is 5.56 Å². The molecule has 2 rings (SSSR count). The zero-order valence-corrected chi connectivity index (χ0v) is 11.7. The second-order valence-electron chi connectivity index (χ2n) is 4.47. The van der Waals surface area contributed by atoms with E-state index in [9.17, 15) is 13.2 Å². The number of carbonyl (C=O) groups is 1. The molecule has 0 aliphatic carbocycles. The second-order valence-corrected chi connectivity index (χ2v) is 5.39. The van der Waals surface area contributed by atoms with Gasteiger partial charge in [0.05, 0.1) is 0 Å². The van der Waals surface area contributed by atoms with Crippen LogP contribution < -0.4 is 5.32 Å². The van der Waals surface area contributed by atoms with Gasteiger partial charge in [-0.3, -0.25) is 0 Å². The van der Waals surface area contributed by atoms with E-state index in [1.807, 2.05) is 0 Å². The molecule has 0 saturated carbocycles. The van der Waals surface area contributed by atoms with Crippen LogP contribution in [0.1, 0.15) is 12.5 Å². The Bertz CT molecular complexity index is 441. The van der Waals surface area contributed by atoms with Crippen LogP contribution in [0.5, 0.6) is 0 Å². The lowest BCUT2D eigenvalue weighted by atomic mass is 9.77. The standard InChI is InChI=1S/C10H12BrN.C2HF3O2/c1-10(6-12-7-10)8-2-4-9(11)5-3-8;3-2(4,5)1(6)7/h2-5,12H,6-7H2,1H3;(H,6,7). The van der Waals surface area contributed by atoms with Gasteiger partial charge in [-0.1, -0.05) is 35.0 Å². The molecule has 1 aromatic carbocycles. The van der Waals surface area contributed by atoms with Crippen LogP contribution in [0.15, 0.2) is 28.7 Å². The maximum atomic E-state index is 10.6. The molecular weight excluding hydrogens is 327 g/mol. The number of carboxylic acids is 1. The van der Waals surface area contributed by atoms with Crippen LogP contribution in [-0.2, 0) is 10.2 Å². The van der Waals surface area contributed by atoms with E-state index in [0.29, 0.717) is 5.41 Å². The molecule has 106 valence electrons. The molecule has 1 aliphatic rings. The van der Waals surface area contributed by atoms with Crippen LogP contribution in [-0.4, -0.2) is 30.3 Å². The summed E-state index contributed by atoms with van der Waals surface area (Å²) in [6, 6.07) is 8.62. The van der Waals surface area contributed by atoms with Crippen molar-refractivity contribution in [3.05, 3.63) is 34.3 Å². The van der Waals surface area contributed by atoms with Crippen LogP contribution in [0.3, 0.4) is 0 Å². The number of halogens is 4. The average Bonchev–Trinajstić information content (AvgIpc) is 2.26. The molecule has 3 nitrogen and oxygen atoms in total. The molecule has 0 aromatic heterocycles. The second kappa shape index (κ2) is 5.92. The van der Waals surface area contributed by atoms with Crippen LogP contribution in [0.2, 0.25) is 0 Å². The van der Waals surface area contributed by atoms with Gasteiger partial charge in [-0.05, 0) is 17.7 Å². The maximum absolute atomic E-state index is 10.6. The third-order valence-corrected chi connectivity index (χ3v) is 3.34. The minimum absolute atomic E-state index is 0.376. The number of benzene rings is 1. The average molecular weight is 340 g/mol. The number of carboxylic acid groups (broad SMARTS) is 1. The molecule has 0 bridgehead atoms. The molecule has 0 unspecified atom stereocenters. The highest BCUT2D eigenvalue weighted by atomic mass is 79.9. The topological polar surface area (TPSA) is 49.3 Å². The SMILES string of the molecule is CC1(c2ccc(Br)cc2)CNC1.O=C(O)C(F)(F)F. The Balaban J connectivity index is 0.000000224. The van der Waals surface area contributed by atoms with E-state index in [1.54, 1.807) is 0 Å². The molecular formula is C12H13BrF3NO2. The van der Waals surface area contributed by atoms with Crippen LogP contribution in [0, 0.1) is 0 Å². The third-order valence-electron chi connectivity index (χ3n) is 2.81. The zero-order valence-electron chi connectivity index (χ0n) is 10.1. The molecule has 0 atom stereocenters. The first-order valence-electron chi connectivity index (χ1n) is 5.42. The summed E-state index contributed by atoms with van der Waals surface area (Å²) < 4.78 is 32.9. The van der Waals surface area contributed by atoms with Gasteiger partial charge in [-0.2, -0.15) is 13.2 Å². The van der Waals surface area contributed by atoms with Crippen molar-refractivity contribution in [3.63, 3.8) is 0 Å². The zero-order chi connectivity index (χ0) is 14.7. The number of hydrogen-bond acceptors (Lipinski definition) is 2. The molecule has 1 fully saturated rings. The summed E-state index contributed by atoms with van der Waals surface area (Å²) in [5, 5.41) is 10.4. The van der Waals surface area contributed by atoms with E-state index in [4.69, 9.17) is 9.90 Å². The Hall–Kier alpha value is -1.08. The summed E-state index contributed by atoms with van der Waals surface area (Å²) >= 11 is 3.44. The van der Waals surface area contributed by atoms with Crippen molar-refractivity contribution >= 4 is 21.9 Å². The van der Waals surface area contributed by atoms with Gasteiger partial charge < -0.3 is 10.4 Å². The van der Waals surface area contributed by atoms with Gasteiger partial charge in [0.1, 0.15) is 0 Å². The highest BCUT2D eigenvalue weighted by Gasteiger charge is 2.38. The van der Waals surface area contributed by atoms with E-state index >= 15 is 0 Å². The van der Waals surface area contributed by atoms with Crippen molar-refractivity contribution in [1.29, 1.82) is 0 Å². The molecule has 1 heterocycles. The monoisotopic (exact) mass is 339 g/mol. The third kappa shape index (κ3) is 4.50. The molecule has 1 aliphatic heterocycles. The van der Waals surface area contributed by atoms with Crippen molar-refractivity contribution < 1.29 is 23.1 Å². The van der Waals surface area contributed by atoms with Gasteiger partial charge in [0.25, 0.3) is 0 Å². The van der Waals surface area contributed by atoms with E-state index < -0.39 is 12.1 Å². The highest BCUT2D eigenvalue weighted by molar-refractivity contribution is 9.10. The Morgan fingerprint density at radius 2 is 1.74 bits per heavy atom. The lowest BCUT2D eigenvalue weighted by molar-refractivity contribution is -0.192. The van der Waals surface area contributed by atoms with Gasteiger partial charge in [-0.15, -0.1) is 0 Å². The van der Waals surface area contributed by atoms with Crippen molar-refractivity contribution in [2.24, 2.45) is 0 Å². The molecule has 2 N–H and O–H groups in total. The summed E-state index contributed by atoms with van der Waals surface area (Å²) in [5.41, 5.74) is 1.81. The summed E-state index contributed by atoms with van der Waals surface area (Å²) in [6.07, 6.45) is -5.08. The largest absolute Gasteiger partial charge is 0.490 e. The minimum atomic E-state index is -5.08. The Morgan fingerprint density at radius 3 is 2.00 bits per heavy atom. The van der Waals surface area contributed by atoms with Crippen LogP contribution in [0.25, 0.3) is 0 Å². The number of hydrogen-bond donors (Lipinski definition) is 2. The lowest BCUT2D eigenvalue weighted by Crippen LogP contribution is -2.54. The first-order valence-corrected chi connectivity index (χ1v) is 6.21. The Kier molecular flexibility index (Phi) is 4.98. The van der Waals surface area contributed by atoms with E-state index in [0.717, 1.165) is 17.6 Å². The van der Waals surface area contributed by atoms with E-state index in [2.05, 4.69) is 52.4 Å². The predicted molar refractivity (Wildman–Crippen MR) is 68.1 cm³/mol. The fourth-order valence-electron chi connectivity index (χ4n) is 1.56. The molecule has 19 heavy (non-hydrogen) atoms. The highest BCUT2D eigenvalue weighted by Crippen LogP contribution is 2.28. The summed E-state index contributed by atoms with van der Waals surface area (Å²) in [5.74, 6) is -2.76. The fraction of sp³-hybridized carbons (Fsp3) is 0.417. The van der Waals surface area contributed by atoms with Crippen molar-refractivity contribution in [2.45, 2.75) is 18.5 Å². The van der Waals surface area contributed by atoms with Crippen LogP contribution in [0.4, 0.5) is 13.2 Å².